The number of fused-ring (bicyclic) bond motifs is 1. The molecule has 0 aromatic heterocycles. The summed E-state index contributed by atoms with van der Waals surface area (Å²) in [7, 11) is 0. The summed E-state index contributed by atoms with van der Waals surface area (Å²) in [5.41, 5.74) is 3.64. The third kappa shape index (κ3) is 1.94. The molecule has 0 amide bonds. The molecule has 0 saturated carbocycles. The van der Waals surface area contributed by atoms with E-state index in [4.69, 9.17) is 4.74 Å². The van der Waals surface area contributed by atoms with Gasteiger partial charge in [0, 0.05) is 11.6 Å². The van der Waals surface area contributed by atoms with Gasteiger partial charge in [-0.3, -0.25) is 0 Å². The second-order valence-corrected chi connectivity index (χ2v) is 4.88. The predicted molar refractivity (Wildman–Crippen MR) is 66.2 cm³/mol. The second-order valence-electron chi connectivity index (χ2n) is 4.88. The van der Waals surface area contributed by atoms with Gasteiger partial charge in [-0.15, -0.1) is 0 Å². The molecule has 92 valence electrons. The van der Waals surface area contributed by atoms with Crippen LogP contribution in [0.5, 0.6) is 5.75 Å². The van der Waals surface area contributed by atoms with Crippen LogP contribution in [-0.2, 0) is 13.0 Å². The predicted octanol–water partition coefficient (Wildman–Crippen LogP) is 1.93. The molecule has 1 atom stereocenters. The molecule has 1 aromatic carbocycles. The van der Waals surface area contributed by atoms with Crippen LogP contribution in [-0.4, -0.2) is 18.3 Å². The lowest BCUT2D eigenvalue weighted by molar-refractivity contribution is 0.251. The third-order valence-electron chi connectivity index (χ3n) is 3.80. The standard InChI is InChI=1S/C14H19NO2/c16-9-10-5-6-11(13-4-1-7-15-13)12-3-2-8-17-14(10)12/h5-6,13,15-16H,1-4,7-9H2/t13-/m0/s1. The van der Waals surface area contributed by atoms with Gasteiger partial charge in [0.15, 0.2) is 0 Å². The Bertz CT molecular complexity index is 411. The summed E-state index contributed by atoms with van der Waals surface area (Å²) in [5.74, 6) is 0.949. The van der Waals surface area contributed by atoms with E-state index in [0.717, 1.165) is 37.3 Å². The minimum Gasteiger partial charge on any atom is -0.493 e. The van der Waals surface area contributed by atoms with E-state index in [1.54, 1.807) is 0 Å². The minimum atomic E-state index is 0.0701. The Morgan fingerprint density at radius 2 is 2.29 bits per heavy atom. The van der Waals surface area contributed by atoms with E-state index in [9.17, 15) is 5.11 Å². The summed E-state index contributed by atoms with van der Waals surface area (Å²) in [5, 5.41) is 12.9. The Hall–Kier alpha value is -1.06. The first-order valence-electron chi connectivity index (χ1n) is 6.52. The molecule has 2 aliphatic heterocycles. The summed E-state index contributed by atoms with van der Waals surface area (Å²) in [6.45, 7) is 1.96. The van der Waals surface area contributed by atoms with Gasteiger partial charge in [-0.25, -0.2) is 0 Å². The number of hydrogen-bond donors (Lipinski definition) is 2. The molecule has 2 N–H and O–H groups in total. The highest BCUT2D eigenvalue weighted by molar-refractivity contribution is 5.48. The van der Waals surface area contributed by atoms with Crippen molar-refractivity contribution in [3.63, 3.8) is 0 Å². The first kappa shape index (κ1) is 11.1. The number of ether oxygens (including phenoxy) is 1. The van der Waals surface area contributed by atoms with Gasteiger partial charge in [0.25, 0.3) is 0 Å². The van der Waals surface area contributed by atoms with Crippen molar-refractivity contribution in [1.29, 1.82) is 0 Å². The average molecular weight is 233 g/mol. The van der Waals surface area contributed by atoms with Crippen molar-refractivity contribution in [3.8, 4) is 5.75 Å². The molecule has 2 aliphatic rings. The molecule has 1 saturated heterocycles. The van der Waals surface area contributed by atoms with Gasteiger partial charge in [0.2, 0.25) is 0 Å². The zero-order valence-electron chi connectivity index (χ0n) is 10.0. The number of rotatable bonds is 2. The van der Waals surface area contributed by atoms with Crippen molar-refractivity contribution in [3.05, 3.63) is 28.8 Å². The maximum absolute atomic E-state index is 9.35. The number of benzene rings is 1. The van der Waals surface area contributed by atoms with Crippen molar-refractivity contribution in [1.82, 2.24) is 5.32 Å². The molecule has 17 heavy (non-hydrogen) atoms. The van der Waals surface area contributed by atoms with Crippen LogP contribution in [0.4, 0.5) is 0 Å². The van der Waals surface area contributed by atoms with Crippen LogP contribution in [0.3, 0.4) is 0 Å². The van der Waals surface area contributed by atoms with Crippen LogP contribution in [0.2, 0.25) is 0 Å². The molecular formula is C14H19NO2. The van der Waals surface area contributed by atoms with E-state index < -0.39 is 0 Å². The molecule has 0 unspecified atom stereocenters. The van der Waals surface area contributed by atoms with Crippen molar-refractivity contribution in [2.75, 3.05) is 13.2 Å². The number of nitrogens with one attached hydrogen (secondary N) is 1. The maximum Gasteiger partial charge on any atom is 0.128 e. The zero-order valence-corrected chi connectivity index (χ0v) is 10.0. The van der Waals surface area contributed by atoms with Gasteiger partial charge >= 0.3 is 0 Å². The Labute approximate surface area is 102 Å². The normalized spacial score (nSPS) is 23.2. The van der Waals surface area contributed by atoms with Gasteiger partial charge in [-0.1, -0.05) is 12.1 Å². The molecule has 3 nitrogen and oxygen atoms in total. The summed E-state index contributed by atoms with van der Waals surface area (Å²) < 4.78 is 5.76. The van der Waals surface area contributed by atoms with Crippen LogP contribution in [0.25, 0.3) is 0 Å². The second kappa shape index (κ2) is 4.67. The smallest absolute Gasteiger partial charge is 0.128 e. The van der Waals surface area contributed by atoms with E-state index >= 15 is 0 Å². The maximum atomic E-state index is 9.35. The van der Waals surface area contributed by atoms with Crippen LogP contribution in [0, 0.1) is 0 Å². The summed E-state index contributed by atoms with van der Waals surface area (Å²) in [4.78, 5) is 0. The molecule has 1 fully saturated rings. The number of aliphatic hydroxyl groups is 1. The van der Waals surface area contributed by atoms with E-state index in [1.807, 2.05) is 6.07 Å². The lowest BCUT2D eigenvalue weighted by Crippen LogP contribution is -2.19. The van der Waals surface area contributed by atoms with Gasteiger partial charge in [-0.2, -0.15) is 0 Å². The van der Waals surface area contributed by atoms with E-state index in [2.05, 4.69) is 11.4 Å². The van der Waals surface area contributed by atoms with Crippen LogP contribution in [0.15, 0.2) is 12.1 Å². The number of aliphatic hydroxyl groups excluding tert-OH is 1. The highest BCUT2D eigenvalue weighted by Gasteiger charge is 2.24. The summed E-state index contributed by atoms with van der Waals surface area (Å²) in [6, 6.07) is 4.67. The fourth-order valence-corrected chi connectivity index (χ4v) is 2.95. The van der Waals surface area contributed by atoms with Crippen LogP contribution < -0.4 is 10.1 Å². The molecule has 0 aliphatic carbocycles. The lowest BCUT2D eigenvalue weighted by Gasteiger charge is -2.25. The van der Waals surface area contributed by atoms with Gasteiger partial charge in [-0.05, 0) is 43.4 Å². The summed E-state index contributed by atoms with van der Waals surface area (Å²) in [6.07, 6.45) is 4.63. The topological polar surface area (TPSA) is 41.5 Å². The Balaban J connectivity index is 2.03. The quantitative estimate of drug-likeness (QED) is 0.820. The lowest BCUT2D eigenvalue weighted by atomic mass is 9.92. The highest BCUT2D eigenvalue weighted by Crippen LogP contribution is 2.37. The van der Waals surface area contributed by atoms with E-state index in [1.165, 1.54) is 24.0 Å². The minimum absolute atomic E-state index is 0.0701. The largest absolute Gasteiger partial charge is 0.493 e. The van der Waals surface area contributed by atoms with Gasteiger partial charge < -0.3 is 15.2 Å². The number of hydrogen-bond acceptors (Lipinski definition) is 3. The van der Waals surface area contributed by atoms with E-state index in [-0.39, 0.29) is 6.61 Å². The van der Waals surface area contributed by atoms with Crippen molar-refractivity contribution in [2.24, 2.45) is 0 Å². The van der Waals surface area contributed by atoms with Crippen molar-refractivity contribution in [2.45, 2.75) is 38.3 Å². The zero-order chi connectivity index (χ0) is 11.7. The SMILES string of the molecule is OCc1ccc([C@@H]2CCCN2)c2c1OCCC2. The van der Waals surface area contributed by atoms with Crippen molar-refractivity contribution < 1.29 is 9.84 Å². The Morgan fingerprint density at radius 1 is 1.35 bits per heavy atom. The van der Waals surface area contributed by atoms with Gasteiger partial charge in [0.05, 0.1) is 13.2 Å². The molecule has 3 heteroatoms. The molecule has 3 rings (SSSR count). The average Bonchev–Trinajstić information content (AvgIpc) is 2.91. The third-order valence-corrected chi connectivity index (χ3v) is 3.80. The van der Waals surface area contributed by atoms with Crippen LogP contribution >= 0.6 is 0 Å². The Kier molecular flexibility index (Phi) is 3.04. The first-order valence-corrected chi connectivity index (χ1v) is 6.52. The summed E-state index contributed by atoms with van der Waals surface area (Å²) >= 11 is 0. The van der Waals surface area contributed by atoms with E-state index in [0.29, 0.717) is 6.04 Å². The fraction of sp³-hybridized carbons (Fsp3) is 0.571. The molecule has 0 radical (unpaired) electrons. The first-order chi connectivity index (χ1) is 8.40. The molecule has 1 aromatic rings. The van der Waals surface area contributed by atoms with Crippen molar-refractivity contribution >= 4 is 0 Å². The monoisotopic (exact) mass is 233 g/mol. The molecule has 0 bridgehead atoms. The van der Waals surface area contributed by atoms with Crippen LogP contribution in [0.1, 0.15) is 42.0 Å². The molecule has 2 heterocycles. The Morgan fingerprint density at radius 3 is 3.06 bits per heavy atom. The molecular weight excluding hydrogens is 214 g/mol. The fourth-order valence-electron chi connectivity index (χ4n) is 2.95. The highest BCUT2D eigenvalue weighted by atomic mass is 16.5. The van der Waals surface area contributed by atoms with Gasteiger partial charge in [0.1, 0.15) is 5.75 Å². The molecule has 0 spiro atoms.